The highest BCUT2D eigenvalue weighted by Gasteiger charge is 2.57. The number of carbonyl (C=O) groups is 1. The smallest absolute Gasteiger partial charge is 0.397 e. The van der Waals surface area contributed by atoms with Crippen molar-refractivity contribution in [2.24, 2.45) is 11.8 Å². The second kappa shape index (κ2) is 9.55. The van der Waals surface area contributed by atoms with E-state index >= 15 is 0 Å². The molecule has 38 heavy (non-hydrogen) atoms. The van der Waals surface area contributed by atoms with Crippen molar-refractivity contribution in [3.8, 4) is 5.88 Å². The van der Waals surface area contributed by atoms with Gasteiger partial charge in [0.25, 0.3) is 5.92 Å². The summed E-state index contributed by atoms with van der Waals surface area (Å²) in [6, 6.07) is 5.13. The zero-order valence-corrected chi connectivity index (χ0v) is 20.2. The van der Waals surface area contributed by atoms with Crippen LogP contribution in [-0.2, 0) is 0 Å². The largest absolute Gasteiger partial charge is 0.477 e. The Labute approximate surface area is 213 Å². The minimum Gasteiger partial charge on any atom is -0.477 e. The Morgan fingerprint density at radius 2 is 2.00 bits per heavy atom. The SMILES string of the molecule is C[C@H](C(=N)C(=O)c1nc(OC[C@H]2CC2(F)F)cc(N2CCC(c3n[nH]c4ncccc34)CC2)n1)C(F)(F)F. The van der Waals surface area contributed by atoms with Gasteiger partial charge in [-0.1, -0.05) is 0 Å². The molecule has 4 heterocycles. The molecule has 0 amide bonds. The van der Waals surface area contributed by atoms with Crippen molar-refractivity contribution in [1.29, 1.82) is 5.41 Å². The summed E-state index contributed by atoms with van der Waals surface area (Å²) in [7, 11) is 0. The standard InChI is InChI=1S/C24H24F5N7O2/c1-12(24(27,28)29)18(30)20(37)22-32-16(9-17(33-22)38-11-14-10-23(14,25)26)36-7-4-13(5-8-36)19-15-3-2-6-31-21(15)35-34-19/h2-3,6,9,12-14,30H,4-5,7-8,10-11H2,1H3,(H,31,34,35)/t12-,14-/m1/s1. The van der Waals surface area contributed by atoms with Crippen LogP contribution < -0.4 is 9.64 Å². The van der Waals surface area contributed by atoms with Crippen LogP contribution in [0.3, 0.4) is 0 Å². The number of halogens is 5. The number of carbonyl (C=O) groups excluding carboxylic acids is 1. The summed E-state index contributed by atoms with van der Waals surface area (Å²) in [5.74, 6) is -8.01. The van der Waals surface area contributed by atoms with Crippen LogP contribution in [0.4, 0.5) is 27.8 Å². The van der Waals surface area contributed by atoms with E-state index in [0.717, 1.165) is 11.1 Å². The number of aromatic amines is 1. The molecule has 1 saturated heterocycles. The quantitative estimate of drug-likeness (QED) is 0.245. The Bertz CT molecular complexity index is 1370. The molecule has 1 saturated carbocycles. The van der Waals surface area contributed by atoms with E-state index in [9.17, 15) is 26.7 Å². The number of anilines is 1. The fraction of sp³-hybridized carbons (Fsp3) is 0.500. The molecule has 2 atom stereocenters. The number of nitrogens with one attached hydrogen (secondary N) is 2. The first-order chi connectivity index (χ1) is 17.9. The lowest BCUT2D eigenvalue weighted by Crippen LogP contribution is -2.35. The molecule has 5 rings (SSSR count). The zero-order chi connectivity index (χ0) is 27.2. The van der Waals surface area contributed by atoms with Gasteiger partial charge in [0.05, 0.1) is 29.8 Å². The molecule has 202 valence electrons. The zero-order valence-electron chi connectivity index (χ0n) is 20.2. The molecule has 3 aromatic heterocycles. The van der Waals surface area contributed by atoms with Crippen molar-refractivity contribution in [3.05, 3.63) is 35.9 Å². The van der Waals surface area contributed by atoms with Gasteiger partial charge in [-0.2, -0.15) is 23.3 Å². The summed E-state index contributed by atoms with van der Waals surface area (Å²) < 4.78 is 71.4. The highest BCUT2D eigenvalue weighted by Crippen LogP contribution is 2.48. The number of hydrogen-bond donors (Lipinski definition) is 2. The number of H-pyrrole nitrogens is 1. The number of Topliss-reactive ketones (excluding diaryl/α,β-unsaturated/α-hetero) is 1. The first kappa shape index (κ1) is 25.9. The Kier molecular flexibility index (Phi) is 6.51. The molecule has 0 bridgehead atoms. The Balaban J connectivity index is 1.36. The molecular weight excluding hydrogens is 513 g/mol. The number of ketones is 1. The van der Waals surface area contributed by atoms with Gasteiger partial charge in [0.15, 0.2) is 5.65 Å². The number of hydrogen-bond acceptors (Lipinski definition) is 8. The van der Waals surface area contributed by atoms with Crippen molar-refractivity contribution >= 4 is 28.3 Å². The van der Waals surface area contributed by atoms with Crippen LogP contribution in [0.15, 0.2) is 24.4 Å². The molecule has 2 aliphatic rings. The van der Waals surface area contributed by atoms with Crippen LogP contribution in [0.25, 0.3) is 11.0 Å². The second-order valence-corrected chi connectivity index (χ2v) is 9.64. The van der Waals surface area contributed by atoms with E-state index in [1.54, 1.807) is 6.20 Å². The van der Waals surface area contributed by atoms with Gasteiger partial charge in [-0.3, -0.25) is 9.89 Å². The van der Waals surface area contributed by atoms with Gasteiger partial charge < -0.3 is 15.0 Å². The monoisotopic (exact) mass is 537 g/mol. The molecule has 0 spiro atoms. The van der Waals surface area contributed by atoms with E-state index in [-0.39, 0.29) is 30.6 Å². The lowest BCUT2D eigenvalue weighted by atomic mass is 9.92. The maximum absolute atomic E-state index is 13.3. The topological polar surface area (TPSA) is 121 Å². The van der Waals surface area contributed by atoms with Gasteiger partial charge >= 0.3 is 6.18 Å². The van der Waals surface area contributed by atoms with Crippen LogP contribution in [-0.4, -0.2) is 68.4 Å². The van der Waals surface area contributed by atoms with E-state index in [2.05, 4.69) is 25.1 Å². The number of fused-ring (bicyclic) bond motifs is 1. The third-order valence-electron chi connectivity index (χ3n) is 7.02. The van der Waals surface area contributed by atoms with Crippen LogP contribution in [0, 0.1) is 17.2 Å². The summed E-state index contributed by atoms with van der Waals surface area (Å²) in [5, 5.41) is 16.0. The Morgan fingerprint density at radius 1 is 1.29 bits per heavy atom. The Hall–Kier alpha value is -3.71. The number of rotatable bonds is 8. The average molecular weight is 537 g/mol. The maximum atomic E-state index is 13.3. The molecule has 0 aromatic carbocycles. The fourth-order valence-corrected chi connectivity index (χ4v) is 4.44. The van der Waals surface area contributed by atoms with Crippen molar-refractivity contribution in [3.63, 3.8) is 0 Å². The molecule has 3 aromatic rings. The van der Waals surface area contributed by atoms with Crippen LogP contribution in [0.2, 0.25) is 0 Å². The lowest BCUT2D eigenvalue weighted by molar-refractivity contribution is -0.150. The van der Waals surface area contributed by atoms with Crippen molar-refractivity contribution in [2.75, 3.05) is 24.6 Å². The van der Waals surface area contributed by atoms with Crippen molar-refractivity contribution in [1.82, 2.24) is 25.1 Å². The van der Waals surface area contributed by atoms with E-state index in [0.29, 0.717) is 38.5 Å². The van der Waals surface area contributed by atoms with Crippen LogP contribution in [0.1, 0.15) is 48.4 Å². The first-order valence-corrected chi connectivity index (χ1v) is 12.1. The normalized spacial score (nSPS) is 20.4. The van der Waals surface area contributed by atoms with Crippen molar-refractivity contribution < 1.29 is 31.5 Å². The molecule has 1 aliphatic heterocycles. The number of piperidine rings is 1. The van der Waals surface area contributed by atoms with Gasteiger partial charge in [-0.05, 0) is 31.9 Å². The van der Waals surface area contributed by atoms with E-state index in [1.807, 2.05) is 17.0 Å². The molecule has 2 fully saturated rings. The van der Waals surface area contributed by atoms with E-state index < -0.39 is 41.3 Å². The van der Waals surface area contributed by atoms with E-state index in [4.69, 9.17) is 10.1 Å². The minimum absolute atomic E-state index is 0.112. The van der Waals surface area contributed by atoms with Gasteiger partial charge in [0.2, 0.25) is 17.5 Å². The molecule has 0 radical (unpaired) electrons. The van der Waals surface area contributed by atoms with E-state index in [1.165, 1.54) is 6.07 Å². The van der Waals surface area contributed by atoms with Gasteiger partial charge in [-0.15, -0.1) is 0 Å². The van der Waals surface area contributed by atoms with Crippen molar-refractivity contribution in [2.45, 2.75) is 44.2 Å². The van der Waals surface area contributed by atoms with Crippen LogP contribution in [0.5, 0.6) is 5.88 Å². The molecule has 0 unspecified atom stereocenters. The number of aromatic nitrogens is 5. The summed E-state index contributed by atoms with van der Waals surface area (Å²) in [5.41, 5.74) is 0.352. The molecule has 14 heteroatoms. The van der Waals surface area contributed by atoms with Gasteiger partial charge in [0.1, 0.15) is 5.82 Å². The van der Waals surface area contributed by atoms with Gasteiger partial charge in [0, 0.05) is 43.1 Å². The minimum atomic E-state index is -4.80. The number of nitrogens with zero attached hydrogens (tertiary/aromatic N) is 5. The Morgan fingerprint density at radius 3 is 2.66 bits per heavy atom. The summed E-state index contributed by atoms with van der Waals surface area (Å²) >= 11 is 0. The third kappa shape index (κ3) is 5.16. The molecule has 9 nitrogen and oxygen atoms in total. The predicted molar refractivity (Wildman–Crippen MR) is 126 cm³/mol. The average Bonchev–Trinajstić information content (AvgIpc) is 3.30. The number of ether oxygens (including phenoxy) is 1. The summed E-state index contributed by atoms with van der Waals surface area (Å²) in [6.45, 7) is 1.28. The maximum Gasteiger partial charge on any atom is 0.397 e. The lowest BCUT2D eigenvalue weighted by Gasteiger charge is -2.32. The second-order valence-electron chi connectivity index (χ2n) is 9.64. The molecule has 1 aliphatic carbocycles. The first-order valence-electron chi connectivity index (χ1n) is 12.1. The summed E-state index contributed by atoms with van der Waals surface area (Å²) in [6.07, 6.45) is -2.15. The number of alkyl halides is 5. The third-order valence-corrected chi connectivity index (χ3v) is 7.02. The molecular formula is C24H24F5N7O2. The highest BCUT2D eigenvalue weighted by atomic mass is 19.4. The summed E-state index contributed by atoms with van der Waals surface area (Å²) in [4.78, 5) is 26.8. The van der Waals surface area contributed by atoms with Crippen LogP contribution >= 0.6 is 0 Å². The fourth-order valence-electron chi connectivity index (χ4n) is 4.44. The van der Waals surface area contributed by atoms with Gasteiger partial charge in [-0.25, -0.2) is 18.7 Å². The number of pyridine rings is 1. The highest BCUT2D eigenvalue weighted by molar-refractivity contribution is 6.44. The molecule has 2 N–H and O–H groups in total. The predicted octanol–water partition coefficient (Wildman–Crippen LogP) is 4.57.